The lowest BCUT2D eigenvalue weighted by Gasteiger charge is -2.27. The van der Waals surface area contributed by atoms with Gasteiger partial charge in [-0.1, -0.05) is 25.7 Å². The van der Waals surface area contributed by atoms with Crippen molar-refractivity contribution in [1.29, 1.82) is 0 Å². The van der Waals surface area contributed by atoms with E-state index in [9.17, 15) is 5.11 Å². The lowest BCUT2D eigenvalue weighted by molar-refractivity contribution is 0.0250. The van der Waals surface area contributed by atoms with Crippen LogP contribution in [0.15, 0.2) is 18.2 Å². The predicted octanol–water partition coefficient (Wildman–Crippen LogP) is 2.88. The molecular weight excluding hydrogens is 266 g/mol. The van der Waals surface area contributed by atoms with E-state index in [2.05, 4.69) is 5.32 Å². The molecule has 0 aromatic heterocycles. The Morgan fingerprint density at radius 3 is 2.10 bits per heavy atom. The molecular formula is C17H27NO3. The topological polar surface area (TPSA) is 50.7 Å². The highest BCUT2D eigenvalue weighted by molar-refractivity contribution is 5.38. The summed E-state index contributed by atoms with van der Waals surface area (Å²) in [5.74, 6) is 1.58. The van der Waals surface area contributed by atoms with Crippen LogP contribution in [0.2, 0.25) is 0 Å². The first kappa shape index (κ1) is 16.1. The summed E-state index contributed by atoms with van der Waals surface area (Å²) < 4.78 is 10.5. The Morgan fingerprint density at radius 1 is 1.00 bits per heavy atom. The molecule has 0 spiro atoms. The lowest BCUT2D eigenvalue weighted by Crippen LogP contribution is -2.39. The van der Waals surface area contributed by atoms with E-state index in [1.54, 1.807) is 14.2 Å². The van der Waals surface area contributed by atoms with Crippen LogP contribution in [0.3, 0.4) is 0 Å². The second kappa shape index (κ2) is 7.66. The van der Waals surface area contributed by atoms with Gasteiger partial charge in [-0.3, -0.25) is 0 Å². The number of hydrogen-bond acceptors (Lipinski definition) is 4. The highest BCUT2D eigenvalue weighted by Crippen LogP contribution is 2.27. The minimum atomic E-state index is -0.542. The van der Waals surface area contributed by atoms with Crippen molar-refractivity contribution in [3.05, 3.63) is 23.8 Å². The minimum absolute atomic E-state index is 0.542. The average molecular weight is 293 g/mol. The Kier molecular flexibility index (Phi) is 5.88. The fraction of sp³-hybridized carbons (Fsp3) is 0.647. The second-order valence-corrected chi connectivity index (χ2v) is 5.96. The molecule has 0 amide bonds. The average Bonchev–Trinajstić information content (AvgIpc) is 2.71. The fourth-order valence-corrected chi connectivity index (χ4v) is 2.97. The van der Waals surface area contributed by atoms with Crippen molar-refractivity contribution < 1.29 is 14.6 Å². The highest BCUT2D eigenvalue weighted by Gasteiger charge is 2.27. The molecule has 0 aliphatic heterocycles. The van der Waals surface area contributed by atoms with Crippen molar-refractivity contribution in [1.82, 2.24) is 5.32 Å². The Balaban J connectivity index is 1.90. The summed E-state index contributed by atoms with van der Waals surface area (Å²) in [6.07, 6.45) is 6.56. The molecule has 0 atom stereocenters. The molecule has 21 heavy (non-hydrogen) atoms. The third kappa shape index (κ3) is 4.90. The van der Waals surface area contributed by atoms with Gasteiger partial charge in [0, 0.05) is 19.2 Å². The van der Waals surface area contributed by atoms with Gasteiger partial charge in [-0.25, -0.2) is 0 Å². The fourth-order valence-electron chi connectivity index (χ4n) is 2.97. The van der Waals surface area contributed by atoms with Crippen LogP contribution in [0, 0.1) is 0 Å². The molecule has 1 aliphatic rings. The van der Waals surface area contributed by atoms with Crippen LogP contribution in [-0.4, -0.2) is 31.5 Å². The first-order chi connectivity index (χ1) is 10.1. The number of aliphatic hydroxyl groups is 1. The Labute approximate surface area is 127 Å². The molecule has 1 saturated carbocycles. The molecule has 1 aromatic rings. The highest BCUT2D eigenvalue weighted by atomic mass is 16.5. The summed E-state index contributed by atoms with van der Waals surface area (Å²) in [6.45, 7) is 1.35. The molecule has 0 radical (unpaired) electrons. The summed E-state index contributed by atoms with van der Waals surface area (Å²) >= 11 is 0. The standard InChI is InChI=1S/C17H27NO3/c1-20-15-9-14(10-16(11-15)21-2)12-18-13-17(19)7-5-3-4-6-8-17/h9-11,18-19H,3-8,12-13H2,1-2H3. The number of hydrogen-bond donors (Lipinski definition) is 2. The second-order valence-electron chi connectivity index (χ2n) is 5.96. The lowest BCUT2D eigenvalue weighted by atomic mass is 9.94. The van der Waals surface area contributed by atoms with E-state index in [4.69, 9.17) is 9.47 Å². The first-order valence-electron chi connectivity index (χ1n) is 7.80. The molecule has 0 heterocycles. The Bertz CT molecular complexity index is 417. The third-order valence-electron chi connectivity index (χ3n) is 4.23. The van der Waals surface area contributed by atoms with Crippen molar-refractivity contribution in [3.8, 4) is 11.5 Å². The molecule has 1 aliphatic carbocycles. The van der Waals surface area contributed by atoms with Gasteiger partial charge in [0.1, 0.15) is 11.5 Å². The van der Waals surface area contributed by atoms with Crippen LogP contribution in [0.25, 0.3) is 0 Å². The zero-order chi connectivity index (χ0) is 15.1. The van der Waals surface area contributed by atoms with Gasteiger partial charge in [0.2, 0.25) is 0 Å². The SMILES string of the molecule is COc1cc(CNCC2(O)CCCCCC2)cc(OC)c1. The minimum Gasteiger partial charge on any atom is -0.497 e. The van der Waals surface area contributed by atoms with Gasteiger partial charge in [0.25, 0.3) is 0 Å². The van der Waals surface area contributed by atoms with Crippen molar-refractivity contribution in [2.45, 2.75) is 50.7 Å². The summed E-state index contributed by atoms with van der Waals surface area (Å²) in [5.41, 5.74) is 0.558. The summed E-state index contributed by atoms with van der Waals surface area (Å²) in [4.78, 5) is 0. The van der Waals surface area contributed by atoms with Gasteiger partial charge in [-0.15, -0.1) is 0 Å². The van der Waals surface area contributed by atoms with Gasteiger partial charge in [-0.2, -0.15) is 0 Å². The predicted molar refractivity (Wildman–Crippen MR) is 83.9 cm³/mol. The van der Waals surface area contributed by atoms with Crippen molar-refractivity contribution in [2.75, 3.05) is 20.8 Å². The van der Waals surface area contributed by atoms with E-state index in [0.29, 0.717) is 13.1 Å². The van der Waals surface area contributed by atoms with Crippen molar-refractivity contribution >= 4 is 0 Å². The van der Waals surface area contributed by atoms with Crippen LogP contribution >= 0.6 is 0 Å². The van der Waals surface area contributed by atoms with E-state index in [-0.39, 0.29) is 0 Å². The number of methoxy groups -OCH3 is 2. The van der Waals surface area contributed by atoms with Gasteiger partial charge in [-0.05, 0) is 30.5 Å². The molecule has 1 fully saturated rings. The number of benzene rings is 1. The van der Waals surface area contributed by atoms with Crippen molar-refractivity contribution in [2.24, 2.45) is 0 Å². The maximum Gasteiger partial charge on any atom is 0.122 e. The Hall–Kier alpha value is -1.26. The van der Waals surface area contributed by atoms with Crippen molar-refractivity contribution in [3.63, 3.8) is 0 Å². The normalized spacial score (nSPS) is 18.0. The molecule has 0 saturated heterocycles. The van der Waals surface area contributed by atoms with E-state index in [1.807, 2.05) is 18.2 Å². The van der Waals surface area contributed by atoms with Crippen LogP contribution in [0.4, 0.5) is 0 Å². The summed E-state index contributed by atoms with van der Waals surface area (Å²) in [7, 11) is 3.31. The van der Waals surface area contributed by atoms with Crippen LogP contribution < -0.4 is 14.8 Å². The van der Waals surface area contributed by atoms with Crippen LogP contribution in [-0.2, 0) is 6.54 Å². The van der Waals surface area contributed by atoms with E-state index in [0.717, 1.165) is 42.7 Å². The third-order valence-corrected chi connectivity index (χ3v) is 4.23. The summed E-state index contributed by atoms with van der Waals surface area (Å²) in [5, 5.41) is 14.0. The van der Waals surface area contributed by atoms with Crippen LogP contribution in [0.1, 0.15) is 44.1 Å². The van der Waals surface area contributed by atoms with E-state index >= 15 is 0 Å². The molecule has 4 nitrogen and oxygen atoms in total. The molecule has 118 valence electrons. The quantitative estimate of drug-likeness (QED) is 0.792. The van der Waals surface area contributed by atoms with Gasteiger partial charge in [0.15, 0.2) is 0 Å². The zero-order valence-electron chi connectivity index (χ0n) is 13.2. The smallest absolute Gasteiger partial charge is 0.122 e. The monoisotopic (exact) mass is 293 g/mol. The Morgan fingerprint density at radius 2 is 1.57 bits per heavy atom. The largest absolute Gasteiger partial charge is 0.497 e. The van der Waals surface area contributed by atoms with Gasteiger partial charge < -0.3 is 19.9 Å². The zero-order valence-corrected chi connectivity index (χ0v) is 13.2. The maximum atomic E-state index is 10.6. The molecule has 1 aromatic carbocycles. The molecule has 0 unspecified atom stereocenters. The number of nitrogens with one attached hydrogen (secondary N) is 1. The van der Waals surface area contributed by atoms with Gasteiger partial charge >= 0.3 is 0 Å². The summed E-state index contributed by atoms with van der Waals surface area (Å²) in [6, 6.07) is 5.85. The molecule has 4 heteroatoms. The van der Waals surface area contributed by atoms with E-state index < -0.39 is 5.60 Å². The number of rotatable bonds is 6. The van der Waals surface area contributed by atoms with E-state index in [1.165, 1.54) is 12.8 Å². The molecule has 2 rings (SSSR count). The number of ether oxygens (including phenoxy) is 2. The van der Waals surface area contributed by atoms with Gasteiger partial charge in [0.05, 0.1) is 19.8 Å². The first-order valence-corrected chi connectivity index (χ1v) is 7.80. The molecule has 2 N–H and O–H groups in total. The molecule has 0 bridgehead atoms. The van der Waals surface area contributed by atoms with Crippen LogP contribution in [0.5, 0.6) is 11.5 Å². The maximum absolute atomic E-state index is 10.6.